The number of ketones is 1. The van der Waals surface area contributed by atoms with Crippen molar-refractivity contribution in [2.24, 2.45) is 11.8 Å². The number of benzene rings is 2. The summed E-state index contributed by atoms with van der Waals surface area (Å²) in [4.78, 5) is 16.5. The Balaban J connectivity index is 0.000000367. The summed E-state index contributed by atoms with van der Waals surface area (Å²) in [5.74, 6) is 0.547. The molecule has 1 N–H and O–H groups in total. The van der Waals surface area contributed by atoms with Gasteiger partial charge < -0.3 is 5.11 Å². The van der Waals surface area contributed by atoms with Crippen molar-refractivity contribution in [3.05, 3.63) is 76.6 Å². The molecule has 0 aliphatic heterocycles. The molecule has 4 heteroatoms. The smallest absolute Gasteiger partial charge is 0.162 e. The summed E-state index contributed by atoms with van der Waals surface area (Å²) in [6, 6.07) is 16.3. The van der Waals surface area contributed by atoms with Crippen molar-refractivity contribution >= 4 is 16.7 Å². The molecule has 0 saturated carbocycles. The summed E-state index contributed by atoms with van der Waals surface area (Å²) in [6.07, 6.45) is 4.91. The van der Waals surface area contributed by atoms with Crippen molar-refractivity contribution in [2.45, 2.75) is 81.1 Å². The van der Waals surface area contributed by atoms with E-state index < -0.39 is 0 Å². The van der Waals surface area contributed by atoms with Gasteiger partial charge >= 0.3 is 0 Å². The topological polar surface area (TPSA) is 50.2 Å². The maximum absolute atomic E-state index is 11.7. The van der Waals surface area contributed by atoms with Crippen molar-refractivity contribution in [3.63, 3.8) is 0 Å². The van der Waals surface area contributed by atoms with Gasteiger partial charge in [0.1, 0.15) is 0 Å². The number of hydrogen-bond acceptors (Lipinski definition) is 3. The van der Waals surface area contributed by atoms with Crippen molar-refractivity contribution in [2.75, 3.05) is 0 Å². The van der Waals surface area contributed by atoms with Crippen LogP contribution in [0.5, 0.6) is 0 Å². The number of aliphatic hydroxyl groups is 1. The minimum Gasteiger partial charge on any atom is -0.512 e. The van der Waals surface area contributed by atoms with Crippen LogP contribution in [0.3, 0.4) is 0 Å². The first kappa shape index (κ1) is 31.7. The molecular formula is C32H42IrNO2-. The van der Waals surface area contributed by atoms with Crippen LogP contribution in [0.2, 0.25) is 0 Å². The SMILES string of the molecule is CCC(CC)C(=O)C=C(O)C(CC)CC.Cc1[c-]c(-c2ccc3c(C)cc(C)cc3n2)cc(C)c1.[Ir]. The molecule has 0 spiro atoms. The van der Waals surface area contributed by atoms with Crippen LogP contribution < -0.4 is 0 Å². The number of nitrogens with zero attached hydrogens (tertiary/aromatic N) is 1. The summed E-state index contributed by atoms with van der Waals surface area (Å²) in [5.41, 5.74) is 8.07. The Kier molecular flexibility index (Phi) is 13.3. The van der Waals surface area contributed by atoms with Crippen LogP contribution in [0.15, 0.2) is 48.2 Å². The van der Waals surface area contributed by atoms with Crippen LogP contribution >= 0.6 is 0 Å². The van der Waals surface area contributed by atoms with Gasteiger partial charge in [0.15, 0.2) is 5.78 Å². The van der Waals surface area contributed by atoms with Gasteiger partial charge in [0.05, 0.1) is 11.3 Å². The summed E-state index contributed by atoms with van der Waals surface area (Å²) < 4.78 is 0. The molecule has 0 fully saturated rings. The Hall–Kier alpha value is -2.29. The third-order valence-corrected chi connectivity index (χ3v) is 6.66. The number of carbonyl (C=O) groups excluding carboxylic acids is 1. The number of fused-ring (bicyclic) bond motifs is 1. The van der Waals surface area contributed by atoms with Gasteiger partial charge in [-0.25, -0.2) is 0 Å². The van der Waals surface area contributed by atoms with E-state index in [4.69, 9.17) is 4.98 Å². The van der Waals surface area contributed by atoms with Gasteiger partial charge in [-0.15, -0.1) is 34.9 Å². The molecule has 1 aromatic heterocycles. The maximum atomic E-state index is 11.7. The monoisotopic (exact) mass is 665 g/mol. The number of allylic oxidation sites excluding steroid dienone is 2. The molecule has 36 heavy (non-hydrogen) atoms. The molecule has 0 saturated heterocycles. The van der Waals surface area contributed by atoms with Crippen LogP contribution in [-0.4, -0.2) is 15.9 Å². The molecule has 3 aromatic rings. The fourth-order valence-corrected chi connectivity index (χ4v) is 4.56. The van der Waals surface area contributed by atoms with E-state index in [0.29, 0.717) is 0 Å². The normalized spacial score (nSPS) is 11.3. The molecule has 1 radical (unpaired) electrons. The van der Waals surface area contributed by atoms with Gasteiger partial charge in [0, 0.05) is 43.4 Å². The van der Waals surface area contributed by atoms with E-state index in [0.717, 1.165) is 48.0 Å². The molecular weight excluding hydrogens is 623 g/mol. The van der Waals surface area contributed by atoms with E-state index in [2.05, 4.69) is 70.2 Å². The number of hydrogen-bond donors (Lipinski definition) is 1. The average molecular weight is 665 g/mol. The summed E-state index contributed by atoms with van der Waals surface area (Å²) >= 11 is 0. The standard InChI is InChI=1S/C19H18N.C13H24O2.Ir/c1-12-7-13(2)10-16(9-12)18-6-5-17-15(4)8-14(3)11-19(17)20-18;1-5-10(6-2)12(14)9-13(15)11(7-3)8-4;/h5-9,11H,1-4H3;9-11,14H,5-8H2,1-4H3;/q-1;;. The van der Waals surface area contributed by atoms with Crippen LogP contribution in [0.25, 0.3) is 22.2 Å². The van der Waals surface area contributed by atoms with Crippen molar-refractivity contribution in [3.8, 4) is 11.3 Å². The largest absolute Gasteiger partial charge is 0.512 e. The minimum absolute atomic E-state index is 0. The molecule has 0 amide bonds. The number of rotatable bonds is 8. The predicted molar refractivity (Wildman–Crippen MR) is 149 cm³/mol. The number of aromatic nitrogens is 1. The van der Waals surface area contributed by atoms with Crippen molar-refractivity contribution in [1.29, 1.82) is 0 Å². The average Bonchev–Trinajstić information content (AvgIpc) is 2.80. The minimum atomic E-state index is 0. The van der Waals surface area contributed by atoms with Crippen LogP contribution in [0.1, 0.15) is 75.6 Å². The Morgan fingerprint density at radius 1 is 0.889 bits per heavy atom. The summed E-state index contributed by atoms with van der Waals surface area (Å²) in [5, 5.41) is 11.0. The quantitative estimate of drug-likeness (QED) is 0.149. The molecule has 0 atom stereocenters. The van der Waals surface area contributed by atoms with E-state index in [1.165, 1.54) is 28.2 Å². The van der Waals surface area contributed by atoms with Crippen LogP contribution in [-0.2, 0) is 24.9 Å². The van der Waals surface area contributed by atoms with Gasteiger partial charge in [-0.2, -0.15) is 0 Å². The molecule has 0 aliphatic rings. The van der Waals surface area contributed by atoms with E-state index in [-0.39, 0.29) is 43.5 Å². The van der Waals surface area contributed by atoms with Gasteiger partial charge in [0.25, 0.3) is 0 Å². The van der Waals surface area contributed by atoms with E-state index in [1.54, 1.807) is 0 Å². The second kappa shape index (κ2) is 15.1. The maximum Gasteiger partial charge on any atom is 0.162 e. The zero-order valence-corrected chi connectivity index (χ0v) is 25.6. The Morgan fingerprint density at radius 3 is 2.03 bits per heavy atom. The molecule has 197 valence electrons. The number of aliphatic hydroxyl groups excluding tert-OH is 1. The summed E-state index contributed by atoms with van der Waals surface area (Å²) in [7, 11) is 0. The van der Waals surface area contributed by atoms with Gasteiger partial charge in [-0.3, -0.25) is 9.78 Å². The zero-order valence-electron chi connectivity index (χ0n) is 23.2. The van der Waals surface area contributed by atoms with E-state index in [1.807, 2.05) is 27.7 Å². The Labute approximate surface area is 231 Å². The van der Waals surface area contributed by atoms with Gasteiger partial charge in [0.2, 0.25) is 0 Å². The molecule has 0 aliphatic carbocycles. The number of pyridine rings is 1. The van der Waals surface area contributed by atoms with Crippen LogP contribution in [0.4, 0.5) is 0 Å². The summed E-state index contributed by atoms with van der Waals surface area (Å²) in [6.45, 7) is 16.5. The molecule has 0 bridgehead atoms. The molecule has 3 nitrogen and oxygen atoms in total. The second-order valence-corrected chi connectivity index (χ2v) is 9.60. The van der Waals surface area contributed by atoms with Crippen LogP contribution in [0, 0.1) is 45.6 Å². The third kappa shape index (κ3) is 8.68. The van der Waals surface area contributed by atoms with Gasteiger partial charge in [-0.1, -0.05) is 59.7 Å². The van der Waals surface area contributed by atoms with Crippen molar-refractivity contribution < 1.29 is 30.0 Å². The number of carbonyl (C=O) groups is 1. The van der Waals surface area contributed by atoms with E-state index in [9.17, 15) is 9.90 Å². The first-order chi connectivity index (χ1) is 16.6. The molecule has 2 aromatic carbocycles. The Bertz CT molecular complexity index is 1150. The fraction of sp³-hybridized carbons (Fsp3) is 0.438. The van der Waals surface area contributed by atoms with E-state index >= 15 is 0 Å². The van der Waals surface area contributed by atoms with Gasteiger partial charge in [-0.05, 0) is 62.4 Å². The molecule has 3 rings (SSSR count). The first-order valence-electron chi connectivity index (χ1n) is 13.0. The number of aryl methyl sites for hydroxylation is 4. The molecule has 1 heterocycles. The molecule has 0 unspecified atom stereocenters. The first-order valence-corrected chi connectivity index (χ1v) is 13.0. The van der Waals surface area contributed by atoms with Crippen molar-refractivity contribution in [1.82, 2.24) is 4.98 Å². The fourth-order valence-electron chi connectivity index (χ4n) is 4.56. The predicted octanol–water partition coefficient (Wildman–Crippen LogP) is 8.80. The third-order valence-electron chi connectivity index (χ3n) is 6.66. The second-order valence-electron chi connectivity index (χ2n) is 9.60. The zero-order chi connectivity index (χ0) is 26.1. The Morgan fingerprint density at radius 2 is 1.47 bits per heavy atom.